The van der Waals surface area contributed by atoms with Crippen LogP contribution in [0.4, 0.5) is 4.39 Å². The van der Waals surface area contributed by atoms with Gasteiger partial charge in [-0.05, 0) is 36.4 Å². The highest BCUT2D eigenvalue weighted by Crippen LogP contribution is 2.20. The number of pyridine rings is 1. The van der Waals surface area contributed by atoms with Crippen molar-refractivity contribution in [1.29, 1.82) is 5.26 Å². The second kappa shape index (κ2) is 5.34. The van der Waals surface area contributed by atoms with Gasteiger partial charge in [0.1, 0.15) is 10.7 Å². The van der Waals surface area contributed by atoms with Crippen LogP contribution in [-0.2, 0) is 9.84 Å². The molecule has 0 aliphatic carbocycles. The molecule has 0 atom stereocenters. The number of H-pyrrole nitrogens is 1. The van der Waals surface area contributed by atoms with Crippen LogP contribution >= 0.6 is 0 Å². The van der Waals surface area contributed by atoms with Crippen molar-refractivity contribution in [2.75, 3.05) is 0 Å². The summed E-state index contributed by atoms with van der Waals surface area (Å²) in [7, 11) is -4.09. The van der Waals surface area contributed by atoms with Crippen LogP contribution in [0.1, 0.15) is 5.56 Å². The molecule has 3 rings (SSSR count). The number of rotatable bonds is 2. The molecule has 7 heteroatoms. The highest BCUT2D eigenvalue weighted by atomic mass is 32.2. The third-order valence-corrected chi connectivity index (χ3v) is 5.13. The zero-order valence-corrected chi connectivity index (χ0v) is 12.4. The summed E-state index contributed by atoms with van der Waals surface area (Å²) in [5.41, 5.74) is -0.341. The molecule has 2 aromatic carbocycles. The van der Waals surface area contributed by atoms with Crippen molar-refractivity contribution in [3.63, 3.8) is 0 Å². The first-order chi connectivity index (χ1) is 10.9. The maximum atomic E-state index is 13.2. The molecule has 1 aromatic heterocycles. The standard InChI is InChI=1S/C16H9FN2O3S/c17-11-4-5-13-14(7-11)19-9-15(16(13)20)23(21,22)12-3-1-2-10(6-12)8-18/h1-7,9H,(H,19,20). The van der Waals surface area contributed by atoms with Gasteiger partial charge in [-0.25, -0.2) is 12.8 Å². The molecule has 5 nitrogen and oxygen atoms in total. The molecule has 0 unspecified atom stereocenters. The van der Waals surface area contributed by atoms with Gasteiger partial charge in [-0.15, -0.1) is 0 Å². The summed E-state index contributed by atoms with van der Waals surface area (Å²) < 4.78 is 38.4. The predicted octanol–water partition coefficient (Wildman–Crippen LogP) is 2.37. The molecule has 0 bridgehead atoms. The van der Waals surface area contributed by atoms with Crippen LogP contribution in [0.2, 0.25) is 0 Å². The number of aromatic nitrogens is 1. The zero-order valence-electron chi connectivity index (χ0n) is 11.6. The van der Waals surface area contributed by atoms with Crippen molar-refractivity contribution in [2.45, 2.75) is 9.79 Å². The molecule has 0 fully saturated rings. The fourth-order valence-corrected chi connectivity index (χ4v) is 3.60. The molecule has 1 N–H and O–H groups in total. The zero-order chi connectivity index (χ0) is 16.6. The summed E-state index contributed by atoms with van der Waals surface area (Å²) in [6.07, 6.45) is 1.04. The molecular weight excluding hydrogens is 319 g/mol. The number of nitrogens with one attached hydrogen (secondary N) is 1. The highest BCUT2D eigenvalue weighted by molar-refractivity contribution is 7.91. The van der Waals surface area contributed by atoms with Crippen LogP contribution in [0.25, 0.3) is 10.9 Å². The van der Waals surface area contributed by atoms with E-state index in [9.17, 15) is 17.6 Å². The largest absolute Gasteiger partial charge is 0.360 e. The maximum Gasteiger partial charge on any atom is 0.211 e. The minimum absolute atomic E-state index is 0.0731. The molecule has 1 heterocycles. The van der Waals surface area contributed by atoms with Crippen LogP contribution in [0.5, 0.6) is 0 Å². The van der Waals surface area contributed by atoms with Crippen molar-refractivity contribution in [2.24, 2.45) is 0 Å². The number of aromatic amines is 1. The van der Waals surface area contributed by atoms with Crippen LogP contribution in [0, 0.1) is 17.1 Å². The van der Waals surface area contributed by atoms with Gasteiger partial charge >= 0.3 is 0 Å². The normalized spacial score (nSPS) is 11.3. The average molecular weight is 328 g/mol. The minimum atomic E-state index is -4.09. The molecule has 114 valence electrons. The van der Waals surface area contributed by atoms with Crippen molar-refractivity contribution in [3.8, 4) is 6.07 Å². The third kappa shape index (κ3) is 2.49. The predicted molar refractivity (Wildman–Crippen MR) is 81.1 cm³/mol. The van der Waals surface area contributed by atoms with Crippen LogP contribution in [0.3, 0.4) is 0 Å². The Morgan fingerprint density at radius 3 is 2.65 bits per heavy atom. The lowest BCUT2D eigenvalue weighted by atomic mass is 10.2. The Hall–Kier alpha value is -2.98. The summed E-state index contributed by atoms with van der Waals surface area (Å²) in [5, 5.41) is 8.95. The summed E-state index contributed by atoms with van der Waals surface area (Å²) in [6, 6.07) is 10.7. The fourth-order valence-electron chi connectivity index (χ4n) is 2.23. The Kier molecular flexibility index (Phi) is 3.47. The van der Waals surface area contributed by atoms with E-state index in [2.05, 4.69) is 4.98 Å². The first kappa shape index (κ1) is 14.9. The van der Waals surface area contributed by atoms with Crippen LogP contribution in [0.15, 0.2) is 63.2 Å². The number of nitriles is 1. The lowest BCUT2D eigenvalue weighted by Gasteiger charge is -2.06. The summed E-state index contributed by atoms with van der Waals surface area (Å²) in [4.78, 5) is 14.4. The molecule has 0 aliphatic rings. The SMILES string of the molecule is N#Cc1cccc(S(=O)(=O)c2c[nH]c3cc(F)ccc3c2=O)c1. The number of benzene rings is 2. The molecule has 0 saturated carbocycles. The summed E-state index contributed by atoms with van der Waals surface area (Å²) in [6.45, 7) is 0. The van der Waals surface area contributed by atoms with Crippen molar-refractivity contribution in [1.82, 2.24) is 4.98 Å². The Morgan fingerprint density at radius 1 is 1.13 bits per heavy atom. The van der Waals surface area contributed by atoms with Crippen molar-refractivity contribution >= 4 is 20.7 Å². The monoisotopic (exact) mass is 328 g/mol. The third-order valence-electron chi connectivity index (χ3n) is 3.37. The van der Waals surface area contributed by atoms with Crippen molar-refractivity contribution in [3.05, 3.63) is 70.3 Å². The van der Waals surface area contributed by atoms with Gasteiger partial charge < -0.3 is 4.98 Å². The highest BCUT2D eigenvalue weighted by Gasteiger charge is 2.22. The van der Waals surface area contributed by atoms with E-state index in [1.54, 1.807) is 0 Å². The molecule has 0 amide bonds. The van der Waals surface area contributed by atoms with E-state index in [-0.39, 0.29) is 21.4 Å². The van der Waals surface area contributed by atoms with E-state index in [1.165, 1.54) is 30.3 Å². The number of hydrogen-bond donors (Lipinski definition) is 1. The second-order valence-electron chi connectivity index (χ2n) is 4.82. The van der Waals surface area contributed by atoms with Crippen LogP contribution < -0.4 is 5.43 Å². The molecule has 23 heavy (non-hydrogen) atoms. The fraction of sp³-hybridized carbons (Fsp3) is 0. The number of sulfone groups is 1. The molecular formula is C16H9FN2O3S. The van der Waals surface area contributed by atoms with Gasteiger partial charge in [0.2, 0.25) is 15.3 Å². The number of hydrogen-bond acceptors (Lipinski definition) is 4. The topological polar surface area (TPSA) is 90.8 Å². The van der Waals surface area contributed by atoms with Gasteiger partial charge in [0.05, 0.1) is 22.0 Å². The molecule has 0 saturated heterocycles. The first-order valence-electron chi connectivity index (χ1n) is 6.50. The number of halogens is 1. The van der Waals surface area contributed by atoms with Gasteiger partial charge in [0.15, 0.2) is 0 Å². The van der Waals surface area contributed by atoms with Crippen LogP contribution in [-0.4, -0.2) is 13.4 Å². The lowest BCUT2D eigenvalue weighted by Crippen LogP contribution is -2.16. The lowest BCUT2D eigenvalue weighted by molar-refractivity contribution is 0.595. The van der Waals surface area contributed by atoms with E-state index in [1.807, 2.05) is 6.07 Å². The molecule has 0 spiro atoms. The van der Waals surface area contributed by atoms with E-state index < -0.39 is 26.0 Å². The second-order valence-corrected chi connectivity index (χ2v) is 6.73. The Bertz CT molecular complexity index is 1130. The summed E-state index contributed by atoms with van der Waals surface area (Å²) >= 11 is 0. The summed E-state index contributed by atoms with van der Waals surface area (Å²) in [5.74, 6) is -0.537. The van der Waals surface area contributed by atoms with Gasteiger partial charge in [0.25, 0.3) is 0 Å². The molecule has 3 aromatic rings. The van der Waals surface area contributed by atoms with Gasteiger partial charge in [-0.3, -0.25) is 4.79 Å². The minimum Gasteiger partial charge on any atom is -0.360 e. The quantitative estimate of drug-likeness (QED) is 0.782. The number of nitrogens with zero attached hydrogens (tertiary/aromatic N) is 1. The maximum absolute atomic E-state index is 13.2. The molecule has 0 aliphatic heterocycles. The average Bonchev–Trinajstić information content (AvgIpc) is 2.54. The van der Waals surface area contributed by atoms with E-state index in [0.29, 0.717) is 0 Å². The Balaban J connectivity index is 2.27. The van der Waals surface area contributed by atoms with Crippen molar-refractivity contribution < 1.29 is 12.8 Å². The smallest absolute Gasteiger partial charge is 0.211 e. The molecule has 0 radical (unpaired) electrons. The number of fused-ring (bicyclic) bond motifs is 1. The van der Waals surface area contributed by atoms with E-state index >= 15 is 0 Å². The Labute approximate surface area is 130 Å². The van der Waals surface area contributed by atoms with Gasteiger partial charge in [-0.1, -0.05) is 6.07 Å². The Morgan fingerprint density at radius 2 is 1.91 bits per heavy atom. The first-order valence-corrected chi connectivity index (χ1v) is 7.98. The van der Waals surface area contributed by atoms with Gasteiger partial charge in [0, 0.05) is 11.6 Å². The van der Waals surface area contributed by atoms with E-state index in [4.69, 9.17) is 5.26 Å². The van der Waals surface area contributed by atoms with Gasteiger partial charge in [-0.2, -0.15) is 5.26 Å². The van der Waals surface area contributed by atoms with E-state index in [0.717, 1.165) is 18.3 Å².